The lowest BCUT2D eigenvalue weighted by Crippen LogP contribution is -2.33. The molecule has 4 rings (SSSR count). The molecule has 1 aromatic rings. The molecule has 2 atom stereocenters. The van der Waals surface area contributed by atoms with Crippen LogP contribution in [0.15, 0.2) is 35.4 Å². The van der Waals surface area contributed by atoms with Crippen LogP contribution in [0, 0.1) is 0 Å². The van der Waals surface area contributed by atoms with Crippen LogP contribution in [0.1, 0.15) is 30.9 Å². The van der Waals surface area contributed by atoms with E-state index in [0.717, 1.165) is 30.7 Å². The second-order valence-electron chi connectivity index (χ2n) is 5.56. The lowest BCUT2D eigenvalue weighted by molar-refractivity contribution is -0.133. The predicted octanol–water partition coefficient (Wildman–Crippen LogP) is 1.11. The van der Waals surface area contributed by atoms with Gasteiger partial charge in [-0.15, -0.1) is 0 Å². The van der Waals surface area contributed by atoms with Crippen molar-refractivity contribution in [2.45, 2.75) is 31.3 Å². The monoisotopic (exact) mass is 316 g/mol. The molecule has 1 aromatic heterocycles. The fraction of sp³-hybridized carbons (Fsp3) is 0.357. The standard InChI is InChI=1S/C14H16N6O3/c21-8-22-10-2-1-9(5-10)11-6-13(18-17-11)16-14-12-7-23-19-20(12)4-3-15-14/h3-4,6-10,19H,1-2,5H2,(H2,15,16,17,18). The van der Waals surface area contributed by atoms with E-state index in [4.69, 9.17) is 9.57 Å². The molecule has 3 N–H and O–H groups in total. The van der Waals surface area contributed by atoms with Crippen LogP contribution in [-0.4, -0.2) is 33.6 Å². The van der Waals surface area contributed by atoms with Gasteiger partial charge in [-0.2, -0.15) is 5.10 Å². The van der Waals surface area contributed by atoms with E-state index in [-0.39, 0.29) is 6.10 Å². The topological polar surface area (TPSA) is 104 Å². The van der Waals surface area contributed by atoms with E-state index in [2.05, 4.69) is 26.1 Å². The second-order valence-corrected chi connectivity index (χ2v) is 5.56. The highest BCUT2D eigenvalue weighted by Crippen LogP contribution is 2.35. The van der Waals surface area contributed by atoms with E-state index in [9.17, 15) is 4.79 Å². The number of carbonyl (C=O) groups is 1. The van der Waals surface area contributed by atoms with Crippen molar-refractivity contribution in [3.05, 3.63) is 36.1 Å². The Morgan fingerprint density at radius 2 is 2.43 bits per heavy atom. The van der Waals surface area contributed by atoms with Crippen LogP contribution in [0.5, 0.6) is 0 Å². The average Bonchev–Trinajstić information content (AvgIpc) is 3.27. The lowest BCUT2D eigenvalue weighted by atomic mass is 10.0. The van der Waals surface area contributed by atoms with Crippen molar-refractivity contribution in [3.8, 4) is 0 Å². The summed E-state index contributed by atoms with van der Waals surface area (Å²) in [6.07, 6.45) is 7.67. The number of hydrogen-bond donors (Lipinski definition) is 3. The number of hydrazine groups is 1. The molecule has 2 unspecified atom stereocenters. The van der Waals surface area contributed by atoms with Crippen molar-refractivity contribution in [1.82, 2.24) is 20.8 Å². The van der Waals surface area contributed by atoms with Gasteiger partial charge in [0.2, 0.25) is 0 Å². The van der Waals surface area contributed by atoms with Crippen LogP contribution < -0.4 is 10.9 Å². The molecule has 9 heteroatoms. The van der Waals surface area contributed by atoms with Gasteiger partial charge in [0.1, 0.15) is 18.1 Å². The number of nitrogens with zero attached hydrogens (tertiary/aromatic N) is 3. The quantitative estimate of drug-likeness (QED) is 0.715. The first kappa shape index (κ1) is 13.8. The Kier molecular flexibility index (Phi) is 3.46. The molecule has 0 radical (unpaired) electrons. The van der Waals surface area contributed by atoms with Gasteiger partial charge in [0, 0.05) is 30.1 Å². The van der Waals surface area contributed by atoms with E-state index >= 15 is 0 Å². The van der Waals surface area contributed by atoms with Gasteiger partial charge in [-0.1, -0.05) is 5.59 Å². The molecular weight excluding hydrogens is 300 g/mol. The summed E-state index contributed by atoms with van der Waals surface area (Å²) in [5, 5.41) is 12.2. The predicted molar refractivity (Wildman–Crippen MR) is 80.5 cm³/mol. The maximum atomic E-state index is 10.4. The van der Waals surface area contributed by atoms with E-state index in [0.29, 0.717) is 24.0 Å². The first-order valence-corrected chi connectivity index (χ1v) is 7.40. The van der Waals surface area contributed by atoms with Gasteiger partial charge in [0.25, 0.3) is 6.47 Å². The first-order valence-electron chi connectivity index (χ1n) is 7.40. The number of carbonyl (C=O) groups excluding carboxylic acids is 1. The fourth-order valence-corrected chi connectivity index (χ4v) is 3.02. The molecule has 0 saturated heterocycles. The molecule has 120 valence electrons. The van der Waals surface area contributed by atoms with Crippen molar-refractivity contribution in [2.75, 3.05) is 5.32 Å². The number of fused-ring (bicyclic) bond motifs is 1. The smallest absolute Gasteiger partial charge is 0.293 e. The molecule has 23 heavy (non-hydrogen) atoms. The van der Waals surface area contributed by atoms with Gasteiger partial charge in [0.05, 0.1) is 0 Å². The summed E-state index contributed by atoms with van der Waals surface area (Å²) in [5.74, 6) is 1.65. The summed E-state index contributed by atoms with van der Waals surface area (Å²) in [6, 6.07) is 1.96. The molecule has 0 amide bonds. The van der Waals surface area contributed by atoms with Crippen LogP contribution in [0.3, 0.4) is 0 Å². The highest BCUT2D eigenvalue weighted by molar-refractivity contribution is 6.07. The van der Waals surface area contributed by atoms with Gasteiger partial charge in [-0.3, -0.25) is 9.89 Å². The van der Waals surface area contributed by atoms with Gasteiger partial charge in [-0.25, -0.2) is 10.0 Å². The second kappa shape index (κ2) is 5.76. The van der Waals surface area contributed by atoms with Gasteiger partial charge in [-0.05, 0) is 19.3 Å². The number of ether oxygens (including phenoxy) is 1. The van der Waals surface area contributed by atoms with Crippen molar-refractivity contribution >= 4 is 18.1 Å². The molecule has 0 spiro atoms. The zero-order valence-corrected chi connectivity index (χ0v) is 12.2. The number of anilines is 1. The Balaban J connectivity index is 1.44. The first-order chi connectivity index (χ1) is 11.3. The molecule has 0 aromatic carbocycles. The Morgan fingerprint density at radius 3 is 3.35 bits per heavy atom. The third kappa shape index (κ3) is 2.66. The molecule has 1 aliphatic carbocycles. The van der Waals surface area contributed by atoms with Crippen molar-refractivity contribution in [2.24, 2.45) is 4.99 Å². The number of H-pyrrole nitrogens is 1. The third-order valence-electron chi connectivity index (χ3n) is 4.16. The van der Waals surface area contributed by atoms with Crippen LogP contribution in [0.4, 0.5) is 5.82 Å². The summed E-state index contributed by atoms with van der Waals surface area (Å²) >= 11 is 0. The molecule has 3 heterocycles. The van der Waals surface area contributed by atoms with E-state index in [1.807, 2.05) is 6.07 Å². The zero-order valence-electron chi connectivity index (χ0n) is 12.2. The van der Waals surface area contributed by atoms with E-state index in [1.165, 1.54) is 0 Å². The number of hydrogen-bond acceptors (Lipinski definition) is 8. The van der Waals surface area contributed by atoms with E-state index in [1.54, 1.807) is 23.7 Å². The van der Waals surface area contributed by atoms with Gasteiger partial charge in [0.15, 0.2) is 11.7 Å². The van der Waals surface area contributed by atoms with Crippen LogP contribution in [0.2, 0.25) is 0 Å². The molecule has 0 bridgehead atoms. The highest BCUT2D eigenvalue weighted by Gasteiger charge is 2.29. The molecule has 1 fully saturated rings. The van der Waals surface area contributed by atoms with Crippen LogP contribution >= 0.6 is 0 Å². The third-order valence-corrected chi connectivity index (χ3v) is 4.16. The summed E-state index contributed by atoms with van der Waals surface area (Å²) in [5.41, 5.74) is 4.51. The minimum Gasteiger partial charge on any atom is -0.465 e. The highest BCUT2D eigenvalue weighted by atomic mass is 16.7. The number of aromatic nitrogens is 2. The Labute approximate surface area is 132 Å². The largest absolute Gasteiger partial charge is 0.465 e. The zero-order chi connectivity index (χ0) is 15.6. The number of aromatic amines is 1. The van der Waals surface area contributed by atoms with Crippen LogP contribution in [0.25, 0.3) is 0 Å². The minimum absolute atomic E-state index is 0.00508. The van der Waals surface area contributed by atoms with Crippen molar-refractivity contribution in [3.63, 3.8) is 0 Å². The van der Waals surface area contributed by atoms with Crippen LogP contribution in [-0.2, 0) is 14.4 Å². The summed E-state index contributed by atoms with van der Waals surface area (Å²) in [6.45, 7) is 0.527. The maximum absolute atomic E-state index is 10.4. The number of nitrogens with one attached hydrogen (secondary N) is 3. The Hall–Kier alpha value is -2.81. The summed E-state index contributed by atoms with van der Waals surface area (Å²) < 4.78 is 5.04. The normalized spacial score (nSPS) is 25.5. The fourth-order valence-electron chi connectivity index (χ4n) is 3.02. The Bertz CT molecular complexity index is 694. The molecule has 9 nitrogen and oxygen atoms in total. The minimum atomic E-state index is 0.00508. The summed E-state index contributed by atoms with van der Waals surface area (Å²) in [4.78, 5) is 19.8. The van der Waals surface area contributed by atoms with Gasteiger partial charge < -0.3 is 14.9 Å². The number of amidine groups is 1. The average molecular weight is 316 g/mol. The Morgan fingerprint density at radius 1 is 1.48 bits per heavy atom. The molecule has 3 aliphatic rings. The van der Waals surface area contributed by atoms with E-state index < -0.39 is 0 Å². The number of aliphatic imine (C=N–C) groups is 1. The number of rotatable bonds is 4. The van der Waals surface area contributed by atoms with Crippen molar-refractivity contribution < 1.29 is 14.4 Å². The molecular formula is C14H16N6O3. The van der Waals surface area contributed by atoms with Crippen molar-refractivity contribution in [1.29, 1.82) is 0 Å². The molecule has 1 saturated carbocycles. The maximum Gasteiger partial charge on any atom is 0.293 e. The van der Waals surface area contributed by atoms with Gasteiger partial charge >= 0.3 is 0 Å². The summed E-state index contributed by atoms with van der Waals surface area (Å²) in [7, 11) is 0. The SMILES string of the molecule is O=COC1CCC(c2cc(NC3=NC=CN4NOC=C34)n[nH]2)C1. The lowest BCUT2D eigenvalue weighted by Gasteiger charge is -2.18. The molecule has 2 aliphatic heterocycles.